The number of nitrogens with one attached hydrogen (secondary N) is 1. The smallest absolute Gasteiger partial charge is 0.255 e. The molecule has 6 heteroatoms. The van der Waals surface area contributed by atoms with E-state index in [-0.39, 0.29) is 18.3 Å². The van der Waals surface area contributed by atoms with Gasteiger partial charge in [-0.2, -0.15) is 0 Å². The van der Waals surface area contributed by atoms with Crippen LogP contribution in [0.1, 0.15) is 0 Å². The van der Waals surface area contributed by atoms with E-state index in [1.54, 1.807) is 0 Å². The average molecular weight is 304 g/mol. The van der Waals surface area contributed by atoms with Crippen molar-refractivity contribution < 1.29 is 18.7 Å². The number of rotatable bonds is 2. The Morgan fingerprint density at radius 1 is 1.47 bits per heavy atom. The normalized spacial score (nSPS) is 20.0. The summed E-state index contributed by atoms with van der Waals surface area (Å²) in [5, 5.41) is 2.65. The van der Waals surface area contributed by atoms with E-state index < -0.39 is 6.10 Å². The SMILES string of the molecule is O=C(Nc1ccc(F)cc1Br)C1COCCO1. The van der Waals surface area contributed by atoms with Crippen LogP contribution in [0.5, 0.6) is 0 Å². The lowest BCUT2D eigenvalue weighted by molar-refractivity contribution is -0.142. The van der Waals surface area contributed by atoms with Crippen LogP contribution < -0.4 is 5.32 Å². The van der Waals surface area contributed by atoms with Crippen LogP contribution in [0.4, 0.5) is 10.1 Å². The maximum absolute atomic E-state index is 12.9. The molecule has 0 saturated carbocycles. The van der Waals surface area contributed by atoms with Gasteiger partial charge in [-0.1, -0.05) is 0 Å². The Balaban J connectivity index is 2.02. The molecule has 1 heterocycles. The van der Waals surface area contributed by atoms with Gasteiger partial charge in [0, 0.05) is 4.47 Å². The van der Waals surface area contributed by atoms with Crippen molar-refractivity contribution in [3.05, 3.63) is 28.5 Å². The number of carbonyl (C=O) groups is 1. The summed E-state index contributed by atoms with van der Waals surface area (Å²) in [5.41, 5.74) is 0.505. The lowest BCUT2D eigenvalue weighted by Crippen LogP contribution is -2.39. The second-order valence-corrected chi connectivity index (χ2v) is 4.40. The molecule has 17 heavy (non-hydrogen) atoms. The molecule has 0 aliphatic carbocycles. The fourth-order valence-corrected chi connectivity index (χ4v) is 1.89. The highest BCUT2D eigenvalue weighted by Crippen LogP contribution is 2.23. The van der Waals surface area contributed by atoms with Crippen LogP contribution in [0.3, 0.4) is 0 Å². The molecule has 0 aromatic heterocycles. The molecule has 1 aromatic rings. The number of amides is 1. The summed E-state index contributed by atoms with van der Waals surface area (Å²) < 4.78 is 23.7. The summed E-state index contributed by atoms with van der Waals surface area (Å²) in [5.74, 6) is -0.663. The molecule has 1 N–H and O–H groups in total. The Morgan fingerprint density at radius 2 is 2.29 bits per heavy atom. The topological polar surface area (TPSA) is 47.6 Å². The zero-order chi connectivity index (χ0) is 12.3. The zero-order valence-electron chi connectivity index (χ0n) is 8.91. The van der Waals surface area contributed by atoms with Crippen molar-refractivity contribution in [2.24, 2.45) is 0 Å². The van der Waals surface area contributed by atoms with Crippen LogP contribution in [0, 0.1) is 5.82 Å². The van der Waals surface area contributed by atoms with Gasteiger partial charge in [0.15, 0.2) is 6.10 Å². The van der Waals surface area contributed by atoms with Crippen molar-refractivity contribution in [2.45, 2.75) is 6.10 Å². The van der Waals surface area contributed by atoms with Gasteiger partial charge in [-0.05, 0) is 34.1 Å². The number of benzene rings is 1. The minimum atomic E-state index is -0.610. The number of halogens is 2. The molecule has 1 unspecified atom stereocenters. The zero-order valence-corrected chi connectivity index (χ0v) is 10.5. The molecule has 1 amide bonds. The Hall–Kier alpha value is -0.980. The van der Waals surface area contributed by atoms with E-state index in [9.17, 15) is 9.18 Å². The Kier molecular flexibility index (Phi) is 4.09. The first-order chi connectivity index (χ1) is 8.16. The molecular weight excluding hydrogens is 293 g/mol. The lowest BCUT2D eigenvalue weighted by Gasteiger charge is -2.22. The van der Waals surface area contributed by atoms with E-state index in [4.69, 9.17) is 9.47 Å². The summed E-state index contributed by atoms with van der Waals surface area (Å²) in [7, 11) is 0. The molecule has 2 rings (SSSR count). The number of ether oxygens (including phenoxy) is 2. The highest BCUT2D eigenvalue weighted by molar-refractivity contribution is 9.10. The summed E-state index contributed by atoms with van der Waals surface area (Å²) in [6.07, 6.45) is -0.610. The van der Waals surface area contributed by atoms with Crippen molar-refractivity contribution >= 4 is 27.5 Å². The monoisotopic (exact) mass is 303 g/mol. The lowest BCUT2D eigenvalue weighted by atomic mass is 10.2. The predicted octanol–water partition coefficient (Wildman–Crippen LogP) is 1.94. The molecule has 1 aliphatic heterocycles. The molecule has 92 valence electrons. The minimum absolute atomic E-state index is 0.241. The summed E-state index contributed by atoms with van der Waals surface area (Å²) in [4.78, 5) is 11.8. The molecule has 1 saturated heterocycles. The quantitative estimate of drug-likeness (QED) is 0.908. The van der Waals surface area contributed by atoms with Crippen LogP contribution >= 0.6 is 15.9 Å². The average Bonchev–Trinajstić information content (AvgIpc) is 2.34. The van der Waals surface area contributed by atoms with E-state index in [0.717, 1.165) is 0 Å². The largest absolute Gasteiger partial charge is 0.376 e. The van der Waals surface area contributed by atoms with E-state index in [2.05, 4.69) is 21.2 Å². The van der Waals surface area contributed by atoms with E-state index in [1.165, 1.54) is 18.2 Å². The van der Waals surface area contributed by atoms with Crippen molar-refractivity contribution in [2.75, 3.05) is 25.1 Å². The van der Waals surface area contributed by atoms with Gasteiger partial charge in [-0.3, -0.25) is 4.79 Å². The summed E-state index contributed by atoms with van der Waals surface area (Å²) >= 11 is 3.17. The van der Waals surface area contributed by atoms with Gasteiger partial charge in [-0.25, -0.2) is 4.39 Å². The van der Waals surface area contributed by atoms with E-state index >= 15 is 0 Å². The third kappa shape index (κ3) is 3.24. The van der Waals surface area contributed by atoms with Crippen molar-refractivity contribution in [1.82, 2.24) is 0 Å². The number of hydrogen-bond donors (Lipinski definition) is 1. The van der Waals surface area contributed by atoms with Crippen LogP contribution in [0.2, 0.25) is 0 Å². The van der Waals surface area contributed by atoms with Crippen LogP contribution in [0.15, 0.2) is 22.7 Å². The fraction of sp³-hybridized carbons (Fsp3) is 0.364. The first-order valence-electron chi connectivity index (χ1n) is 5.12. The standard InChI is InChI=1S/C11H11BrFNO3/c12-8-5-7(13)1-2-9(8)14-11(15)10-6-16-3-4-17-10/h1-2,5,10H,3-4,6H2,(H,14,15). The van der Waals surface area contributed by atoms with Crippen LogP contribution in [0.25, 0.3) is 0 Å². The van der Waals surface area contributed by atoms with Crippen LogP contribution in [-0.4, -0.2) is 31.8 Å². The molecule has 0 radical (unpaired) electrons. The predicted molar refractivity (Wildman–Crippen MR) is 63.3 cm³/mol. The first-order valence-corrected chi connectivity index (χ1v) is 5.91. The van der Waals surface area contributed by atoms with E-state index in [1.807, 2.05) is 0 Å². The third-order valence-electron chi connectivity index (χ3n) is 2.30. The first kappa shape index (κ1) is 12.5. The van der Waals surface area contributed by atoms with Gasteiger partial charge in [-0.15, -0.1) is 0 Å². The van der Waals surface area contributed by atoms with Gasteiger partial charge in [0.25, 0.3) is 5.91 Å². The van der Waals surface area contributed by atoms with Gasteiger partial charge in [0.2, 0.25) is 0 Å². The van der Waals surface area contributed by atoms with E-state index in [0.29, 0.717) is 23.4 Å². The molecule has 1 aliphatic rings. The Bertz CT molecular complexity index is 421. The molecule has 1 aromatic carbocycles. The molecule has 4 nitrogen and oxygen atoms in total. The number of carbonyl (C=O) groups excluding carboxylic acids is 1. The summed E-state index contributed by atoms with van der Waals surface area (Å²) in [6, 6.07) is 4.05. The maximum atomic E-state index is 12.9. The Labute approximate surface area is 106 Å². The van der Waals surface area contributed by atoms with Crippen molar-refractivity contribution in [3.63, 3.8) is 0 Å². The van der Waals surface area contributed by atoms with Crippen molar-refractivity contribution in [1.29, 1.82) is 0 Å². The fourth-order valence-electron chi connectivity index (χ4n) is 1.44. The van der Waals surface area contributed by atoms with Crippen LogP contribution in [-0.2, 0) is 14.3 Å². The third-order valence-corrected chi connectivity index (χ3v) is 2.95. The molecule has 0 bridgehead atoms. The second kappa shape index (κ2) is 5.57. The Morgan fingerprint density at radius 3 is 2.94 bits per heavy atom. The number of hydrogen-bond acceptors (Lipinski definition) is 3. The minimum Gasteiger partial charge on any atom is -0.376 e. The number of anilines is 1. The van der Waals surface area contributed by atoms with Gasteiger partial charge < -0.3 is 14.8 Å². The molecule has 1 atom stereocenters. The van der Waals surface area contributed by atoms with Gasteiger partial charge >= 0.3 is 0 Å². The van der Waals surface area contributed by atoms with Crippen molar-refractivity contribution in [3.8, 4) is 0 Å². The molecular formula is C11H11BrFNO3. The summed E-state index contributed by atoms with van der Waals surface area (Å²) in [6.45, 7) is 1.15. The highest BCUT2D eigenvalue weighted by Gasteiger charge is 2.23. The molecule has 1 fully saturated rings. The highest BCUT2D eigenvalue weighted by atomic mass is 79.9. The second-order valence-electron chi connectivity index (χ2n) is 3.55. The van der Waals surface area contributed by atoms with Gasteiger partial charge in [0.05, 0.1) is 25.5 Å². The molecule has 0 spiro atoms. The maximum Gasteiger partial charge on any atom is 0.255 e. The van der Waals surface area contributed by atoms with Gasteiger partial charge in [0.1, 0.15) is 5.82 Å².